The highest BCUT2D eigenvalue weighted by molar-refractivity contribution is 5.77. The Balaban J connectivity index is 1.66. The van der Waals surface area contributed by atoms with Crippen LogP contribution in [0.1, 0.15) is 114 Å². The van der Waals surface area contributed by atoms with Crippen molar-refractivity contribution in [2.45, 2.75) is 131 Å². The molecule has 0 aromatic heterocycles. The van der Waals surface area contributed by atoms with Gasteiger partial charge in [0.15, 0.2) is 0 Å². The zero-order valence-corrected chi connectivity index (χ0v) is 26.6. The Morgan fingerprint density at radius 2 is 1.54 bits per heavy atom. The summed E-state index contributed by atoms with van der Waals surface area (Å²) >= 11 is 0. The number of rotatable bonds is 3. The molecule has 11 atom stereocenters. The summed E-state index contributed by atoms with van der Waals surface area (Å²) in [6.07, 6.45) is 7.31. The van der Waals surface area contributed by atoms with Gasteiger partial charge in [-0.25, -0.2) is 0 Å². The first-order valence-corrected chi connectivity index (χ1v) is 15.8. The third kappa shape index (κ3) is 3.95. The molecule has 2 unspecified atom stereocenters. The quantitative estimate of drug-likeness (QED) is 0.301. The Kier molecular flexibility index (Phi) is 6.94. The molecule has 230 valence electrons. The number of allylic oxidation sites excluding steroid dienone is 1. The van der Waals surface area contributed by atoms with Crippen LogP contribution < -0.4 is 0 Å². The van der Waals surface area contributed by atoms with Crippen LogP contribution in [0.4, 0.5) is 0 Å². The number of aliphatic carboxylic acids is 1. The average molecular weight is 573 g/mol. The summed E-state index contributed by atoms with van der Waals surface area (Å²) in [5.74, 6) is -1.58. The van der Waals surface area contributed by atoms with Crippen LogP contribution in [0, 0.1) is 50.7 Å². The molecular formula is C34H52O7. The maximum Gasteiger partial charge on any atom is 0.310 e. The van der Waals surface area contributed by atoms with E-state index >= 15 is 0 Å². The number of carbonyl (C=O) groups excluding carboxylic acids is 2. The fraction of sp³-hybridized carbons (Fsp3) is 0.853. The minimum atomic E-state index is -1.13. The van der Waals surface area contributed by atoms with E-state index in [1.54, 1.807) is 0 Å². The predicted molar refractivity (Wildman–Crippen MR) is 155 cm³/mol. The lowest BCUT2D eigenvalue weighted by atomic mass is 9.32. The van der Waals surface area contributed by atoms with Crippen LogP contribution in [-0.2, 0) is 23.9 Å². The van der Waals surface area contributed by atoms with E-state index in [1.807, 2.05) is 6.92 Å². The van der Waals surface area contributed by atoms with E-state index in [0.29, 0.717) is 25.7 Å². The van der Waals surface area contributed by atoms with Crippen molar-refractivity contribution in [3.05, 3.63) is 11.6 Å². The van der Waals surface area contributed by atoms with Gasteiger partial charge in [-0.15, -0.1) is 0 Å². The number of hydrogen-bond donors (Lipinski definition) is 2. The van der Waals surface area contributed by atoms with E-state index in [1.165, 1.54) is 13.8 Å². The van der Waals surface area contributed by atoms with Crippen molar-refractivity contribution < 1.29 is 34.1 Å². The predicted octanol–water partition coefficient (Wildman–Crippen LogP) is 6.32. The van der Waals surface area contributed by atoms with Crippen LogP contribution in [-0.4, -0.2) is 45.9 Å². The van der Waals surface area contributed by atoms with Crippen LogP contribution in [0.2, 0.25) is 0 Å². The second kappa shape index (κ2) is 9.30. The SMILES string of the molecule is CC(=O)OC1C[C@]2(C)[C@H](CC=C3[C@H]4[C@](C(=O)O)(CC[C@@H](C)[C@@]4(C)O)CC[C@]32C)[C@@]2(C)CCC(OC(C)=O)C(C)(C)[C@H]12. The lowest BCUT2D eigenvalue weighted by Crippen LogP contribution is -2.70. The molecule has 7 heteroatoms. The molecule has 0 aliphatic heterocycles. The van der Waals surface area contributed by atoms with E-state index in [4.69, 9.17) is 9.47 Å². The molecule has 7 nitrogen and oxygen atoms in total. The van der Waals surface area contributed by atoms with E-state index in [-0.39, 0.29) is 58.1 Å². The first-order valence-electron chi connectivity index (χ1n) is 15.8. The zero-order chi connectivity index (χ0) is 30.6. The minimum Gasteiger partial charge on any atom is -0.481 e. The standard InChI is InChI=1S/C34H52O7/c1-19-12-15-34(28(37)38)17-16-31(7)22(26(34)33(19,9)39)10-11-24-30(6)14-13-25(41-21(3)36)29(4,5)27(30)23(40-20(2)35)18-32(24,31)8/h10,19,23-27,39H,11-18H2,1-9H3,(H,37,38)/t19-,23?,24-,25?,26-,27+,30-,31-,32-,33-,34+/m1/s1. The molecular weight excluding hydrogens is 520 g/mol. The van der Waals surface area contributed by atoms with Gasteiger partial charge in [-0.3, -0.25) is 14.4 Å². The van der Waals surface area contributed by atoms with Gasteiger partial charge in [0, 0.05) is 31.1 Å². The monoisotopic (exact) mass is 572 g/mol. The molecule has 0 spiro atoms. The smallest absolute Gasteiger partial charge is 0.310 e. The molecule has 5 aliphatic carbocycles. The second-order valence-corrected chi connectivity index (χ2v) is 16.1. The summed E-state index contributed by atoms with van der Waals surface area (Å²) < 4.78 is 12.1. The number of carboxylic acid groups (broad SMARTS) is 1. The van der Waals surface area contributed by atoms with E-state index in [2.05, 4.69) is 47.6 Å². The van der Waals surface area contributed by atoms with Crippen LogP contribution in [0.15, 0.2) is 11.6 Å². The summed E-state index contributed by atoms with van der Waals surface area (Å²) in [7, 11) is 0. The van der Waals surface area contributed by atoms with Crippen LogP contribution in [0.5, 0.6) is 0 Å². The average Bonchev–Trinajstić information content (AvgIpc) is 2.83. The number of ether oxygens (including phenoxy) is 2. The van der Waals surface area contributed by atoms with Crippen molar-refractivity contribution in [3.63, 3.8) is 0 Å². The Labute approximate surface area is 245 Å². The normalized spacial score (nSPS) is 50.1. The fourth-order valence-electron chi connectivity index (χ4n) is 11.7. The Hall–Kier alpha value is -1.89. The molecule has 4 saturated carbocycles. The number of carbonyl (C=O) groups is 3. The minimum absolute atomic E-state index is 0.00634. The molecule has 41 heavy (non-hydrogen) atoms. The number of aliphatic hydroxyl groups is 1. The van der Waals surface area contributed by atoms with Gasteiger partial charge in [0.25, 0.3) is 0 Å². The van der Waals surface area contributed by atoms with Crippen LogP contribution in [0.25, 0.3) is 0 Å². The summed E-state index contributed by atoms with van der Waals surface area (Å²) in [6.45, 7) is 18.2. The fourth-order valence-corrected chi connectivity index (χ4v) is 11.7. The highest BCUT2D eigenvalue weighted by Gasteiger charge is 2.73. The summed E-state index contributed by atoms with van der Waals surface area (Å²) in [6, 6.07) is 0. The lowest BCUT2D eigenvalue weighted by Gasteiger charge is -2.72. The Bertz CT molecular complexity index is 1170. The Morgan fingerprint density at radius 3 is 2.12 bits per heavy atom. The number of fused-ring (bicyclic) bond motifs is 7. The summed E-state index contributed by atoms with van der Waals surface area (Å²) in [5.41, 5.74) is -2.23. The number of esters is 2. The Morgan fingerprint density at radius 1 is 0.902 bits per heavy atom. The first kappa shape index (κ1) is 30.6. The largest absolute Gasteiger partial charge is 0.481 e. The van der Waals surface area contributed by atoms with Crippen molar-refractivity contribution >= 4 is 17.9 Å². The maximum atomic E-state index is 13.0. The lowest BCUT2D eigenvalue weighted by molar-refractivity contribution is -0.254. The zero-order valence-electron chi connectivity index (χ0n) is 26.6. The molecule has 0 radical (unpaired) electrons. The third-order valence-corrected chi connectivity index (χ3v) is 13.9. The van der Waals surface area contributed by atoms with Gasteiger partial charge in [-0.05, 0) is 86.4 Å². The van der Waals surface area contributed by atoms with Gasteiger partial charge in [-0.2, -0.15) is 0 Å². The van der Waals surface area contributed by atoms with E-state index in [9.17, 15) is 24.6 Å². The second-order valence-electron chi connectivity index (χ2n) is 16.1. The van der Waals surface area contributed by atoms with E-state index in [0.717, 1.165) is 31.3 Å². The molecule has 5 aliphatic rings. The molecule has 0 aromatic rings. The number of carboxylic acids is 1. The van der Waals surface area contributed by atoms with Gasteiger partial charge in [0.2, 0.25) is 0 Å². The van der Waals surface area contributed by atoms with Gasteiger partial charge in [0.05, 0.1) is 11.0 Å². The molecule has 0 aromatic carbocycles. The molecule has 4 fully saturated rings. The summed E-state index contributed by atoms with van der Waals surface area (Å²) in [5, 5.41) is 22.7. The van der Waals surface area contributed by atoms with Crippen molar-refractivity contribution in [1.29, 1.82) is 0 Å². The summed E-state index contributed by atoms with van der Waals surface area (Å²) in [4.78, 5) is 37.7. The van der Waals surface area contributed by atoms with Crippen LogP contribution >= 0.6 is 0 Å². The van der Waals surface area contributed by atoms with Gasteiger partial charge in [0.1, 0.15) is 12.2 Å². The highest BCUT2D eigenvalue weighted by atomic mass is 16.6. The molecule has 0 amide bonds. The third-order valence-electron chi connectivity index (χ3n) is 13.9. The van der Waals surface area contributed by atoms with Crippen molar-refractivity contribution in [2.75, 3.05) is 0 Å². The van der Waals surface area contributed by atoms with Crippen molar-refractivity contribution in [3.8, 4) is 0 Å². The topological polar surface area (TPSA) is 110 Å². The van der Waals surface area contributed by atoms with Gasteiger partial charge < -0.3 is 19.7 Å². The molecule has 0 heterocycles. The molecule has 2 N–H and O–H groups in total. The van der Waals surface area contributed by atoms with Crippen molar-refractivity contribution in [2.24, 2.45) is 50.7 Å². The van der Waals surface area contributed by atoms with Crippen molar-refractivity contribution in [1.82, 2.24) is 0 Å². The van der Waals surface area contributed by atoms with Crippen LogP contribution in [0.3, 0.4) is 0 Å². The molecule has 5 rings (SSSR count). The van der Waals surface area contributed by atoms with Gasteiger partial charge in [-0.1, -0.05) is 53.2 Å². The highest BCUT2D eigenvalue weighted by Crippen LogP contribution is 2.76. The number of hydrogen-bond acceptors (Lipinski definition) is 6. The maximum absolute atomic E-state index is 13.0. The molecule has 0 saturated heterocycles. The first-order chi connectivity index (χ1) is 18.8. The van der Waals surface area contributed by atoms with Gasteiger partial charge >= 0.3 is 17.9 Å². The van der Waals surface area contributed by atoms with E-state index < -0.39 is 28.3 Å². The molecule has 0 bridgehead atoms.